The molecule has 1 saturated heterocycles. The maximum atomic E-state index is 13.1. The summed E-state index contributed by atoms with van der Waals surface area (Å²) >= 11 is 1.16. The molecular weight excluding hydrogens is 411 g/mol. The van der Waals surface area contributed by atoms with Crippen LogP contribution in [0.2, 0.25) is 0 Å². The lowest BCUT2D eigenvalue weighted by atomic mass is 10.2. The van der Waals surface area contributed by atoms with Gasteiger partial charge in [0, 0.05) is 20.9 Å². The zero-order valence-corrected chi connectivity index (χ0v) is 17.2. The number of thioether (sulfide) groups is 1. The number of esters is 2. The Balaban J connectivity index is 1.90. The first-order valence-electron chi connectivity index (χ1n) is 8.75. The van der Waals surface area contributed by atoms with Gasteiger partial charge in [-0.05, 0) is 59.8 Å². The van der Waals surface area contributed by atoms with Crippen molar-refractivity contribution < 1.29 is 28.2 Å². The van der Waals surface area contributed by atoms with E-state index in [0.29, 0.717) is 21.3 Å². The molecule has 1 aliphatic rings. The Labute approximate surface area is 176 Å². The van der Waals surface area contributed by atoms with Crippen LogP contribution in [0.3, 0.4) is 0 Å². The zero-order valence-electron chi connectivity index (χ0n) is 16.3. The molecule has 1 heterocycles. The van der Waals surface area contributed by atoms with Gasteiger partial charge in [-0.25, -0.2) is 9.38 Å². The third-order valence-electron chi connectivity index (χ3n) is 3.83. The van der Waals surface area contributed by atoms with Crippen molar-refractivity contribution in [3.05, 3.63) is 58.8 Å². The second-order valence-corrected chi connectivity index (χ2v) is 7.25. The molecule has 1 amide bonds. The fourth-order valence-corrected chi connectivity index (χ4v) is 3.50. The predicted molar refractivity (Wildman–Crippen MR) is 111 cm³/mol. The molecule has 0 saturated carbocycles. The summed E-state index contributed by atoms with van der Waals surface area (Å²) in [6, 6.07) is 10.2. The molecule has 2 aromatic rings. The van der Waals surface area contributed by atoms with E-state index in [4.69, 9.17) is 9.47 Å². The Kier molecular flexibility index (Phi) is 6.31. The normalized spacial score (nSPS) is 16.3. The number of amidine groups is 1. The van der Waals surface area contributed by atoms with E-state index in [1.54, 1.807) is 19.2 Å². The molecule has 0 atom stereocenters. The van der Waals surface area contributed by atoms with Gasteiger partial charge in [-0.15, -0.1) is 0 Å². The molecule has 1 fully saturated rings. The van der Waals surface area contributed by atoms with Gasteiger partial charge in [0.1, 0.15) is 5.82 Å². The molecule has 2 aromatic carbocycles. The molecule has 0 N–H and O–H groups in total. The smallest absolute Gasteiger partial charge is 0.308 e. The van der Waals surface area contributed by atoms with Crippen LogP contribution in [0.25, 0.3) is 6.08 Å². The van der Waals surface area contributed by atoms with Crippen molar-refractivity contribution in [3.63, 3.8) is 0 Å². The molecule has 1 aliphatic heterocycles. The Morgan fingerprint density at radius 1 is 1.03 bits per heavy atom. The standard InChI is InChI=1S/C21H17FN2O5S/c1-12(25)28-17-9-4-14(10-18(17)29-13(2)26)11-19-20(27)24(3)21(30-19)23-16-7-5-15(22)6-8-16/h4-11H,1-3H3/b19-11+,23-21?. The van der Waals surface area contributed by atoms with Crippen LogP contribution in [0.15, 0.2) is 52.4 Å². The lowest BCUT2D eigenvalue weighted by molar-refractivity contribution is -0.134. The third kappa shape index (κ3) is 5.12. The lowest BCUT2D eigenvalue weighted by Crippen LogP contribution is -2.23. The SMILES string of the molecule is CC(=O)Oc1ccc(/C=C2/SC(=Nc3ccc(F)cc3)N(C)C2=O)cc1OC(C)=O. The molecule has 0 spiro atoms. The van der Waals surface area contributed by atoms with Crippen molar-refractivity contribution >= 4 is 46.5 Å². The third-order valence-corrected chi connectivity index (χ3v) is 4.89. The van der Waals surface area contributed by atoms with E-state index in [2.05, 4.69) is 4.99 Å². The van der Waals surface area contributed by atoms with Gasteiger partial charge in [0.25, 0.3) is 5.91 Å². The second kappa shape index (κ2) is 8.91. The number of carbonyl (C=O) groups excluding carboxylic acids is 3. The Bertz CT molecular complexity index is 1080. The van der Waals surface area contributed by atoms with E-state index in [9.17, 15) is 18.8 Å². The van der Waals surface area contributed by atoms with E-state index in [0.717, 1.165) is 11.8 Å². The van der Waals surface area contributed by atoms with Gasteiger partial charge in [0.15, 0.2) is 16.7 Å². The van der Waals surface area contributed by atoms with Gasteiger partial charge < -0.3 is 9.47 Å². The Hall–Kier alpha value is -3.46. The number of halogens is 1. The maximum absolute atomic E-state index is 13.1. The minimum absolute atomic E-state index is 0.0658. The molecule has 30 heavy (non-hydrogen) atoms. The number of ether oxygens (including phenoxy) is 2. The predicted octanol–water partition coefficient (Wildman–Crippen LogP) is 3.91. The highest BCUT2D eigenvalue weighted by Gasteiger charge is 2.30. The van der Waals surface area contributed by atoms with Crippen LogP contribution in [0, 0.1) is 5.82 Å². The monoisotopic (exact) mass is 428 g/mol. The van der Waals surface area contributed by atoms with Gasteiger partial charge in [-0.3, -0.25) is 19.3 Å². The number of rotatable bonds is 4. The molecule has 0 aliphatic carbocycles. The molecule has 0 unspecified atom stereocenters. The van der Waals surface area contributed by atoms with E-state index in [1.165, 1.54) is 55.1 Å². The number of carbonyl (C=O) groups is 3. The Morgan fingerprint density at radius 2 is 1.67 bits per heavy atom. The summed E-state index contributed by atoms with van der Waals surface area (Å²) in [7, 11) is 1.59. The molecule has 0 bridgehead atoms. The van der Waals surface area contributed by atoms with Crippen LogP contribution in [-0.2, 0) is 14.4 Å². The summed E-state index contributed by atoms with van der Waals surface area (Å²) < 4.78 is 23.2. The summed E-state index contributed by atoms with van der Waals surface area (Å²) in [6.45, 7) is 2.46. The van der Waals surface area contributed by atoms with Gasteiger partial charge >= 0.3 is 11.9 Å². The topological polar surface area (TPSA) is 85.3 Å². The number of nitrogens with zero attached hydrogens (tertiary/aromatic N) is 2. The lowest BCUT2D eigenvalue weighted by Gasteiger charge is -2.09. The first-order valence-corrected chi connectivity index (χ1v) is 9.57. The molecule has 3 rings (SSSR count). The van der Waals surface area contributed by atoms with Gasteiger partial charge in [0.2, 0.25) is 0 Å². The van der Waals surface area contributed by atoms with Crippen molar-refractivity contribution in [2.75, 3.05) is 7.05 Å². The minimum atomic E-state index is -0.576. The van der Waals surface area contributed by atoms with Crippen LogP contribution in [0.4, 0.5) is 10.1 Å². The molecule has 7 nitrogen and oxygen atoms in total. The number of likely N-dealkylation sites (N-methyl/N-ethyl adjacent to an activating group) is 1. The second-order valence-electron chi connectivity index (χ2n) is 6.24. The highest BCUT2D eigenvalue weighted by Crippen LogP contribution is 2.35. The van der Waals surface area contributed by atoms with E-state index in [1.807, 2.05) is 0 Å². The highest BCUT2D eigenvalue weighted by molar-refractivity contribution is 8.18. The highest BCUT2D eigenvalue weighted by atomic mass is 32.2. The first kappa shape index (κ1) is 21.3. The van der Waals surface area contributed by atoms with Crippen LogP contribution >= 0.6 is 11.8 Å². The van der Waals surface area contributed by atoms with E-state index < -0.39 is 11.9 Å². The summed E-state index contributed by atoms with van der Waals surface area (Å²) in [5, 5.41) is 0.439. The first-order chi connectivity index (χ1) is 14.2. The Morgan fingerprint density at radius 3 is 2.30 bits per heavy atom. The molecular formula is C21H17FN2O5S. The summed E-state index contributed by atoms with van der Waals surface area (Å²) in [6.07, 6.45) is 1.61. The van der Waals surface area contributed by atoms with Crippen molar-refractivity contribution in [2.24, 2.45) is 4.99 Å². The molecule has 0 radical (unpaired) electrons. The van der Waals surface area contributed by atoms with Crippen LogP contribution in [0.5, 0.6) is 11.5 Å². The van der Waals surface area contributed by atoms with Crippen LogP contribution in [-0.4, -0.2) is 35.0 Å². The molecule has 9 heteroatoms. The van der Waals surface area contributed by atoms with Gasteiger partial charge in [0.05, 0.1) is 10.6 Å². The van der Waals surface area contributed by atoms with Gasteiger partial charge in [-0.2, -0.15) is 0 Å². The quantitative estimate of drug-likeness (QED) is 0.417. The van der Waals surface area contributed by atoms with Crippen molar-refractivity contribution in [1.29, 1.82) is 0 Å². The average Bonchev–Trinajstić information content (AvgIpc) is 2.93. The molecule has 0 aromatic heterocycles. The largest absolute Gasteiger partial charge is 0.423 e. The van der Waals surface area contributed by atoms with Crippen LogP contribution in [0.1, 0.15) is 19.4 Å². The summed E-state index contributed by atoms with van der Waals surface area (Å²) in [5.41, 5.74) is 1.08. The fourth-order valence-electron chi connectivity index (χ4n) is 2.52. The summed E-state index contributed by atoms with van der Waals surface area (Å²) in [5.74, 6) is -1.60. The van der Waals surface area contributed by atoms with E-state index >= 15 is 0 Å². The number of amides is 1. The van der Waals surface area contributed by atoms with E-state index in [-0.39, 0.29) is 23.2 Å². The summed E-state index contributed by atoms with van der Waals surface area (Å²) in [4.78, 5) is 41.3. The number of aliphatic imine (C=N–C) groups is 1. The van der Waals surface area contributed by atoms with Crippen LogP contribution < -0.4 is 9.47 Å². The number of hydrogen-bond donors (Lipinski definition) is 0. The average molecular weight is 428 g/mol. The number of benzene rings is 2. The van der Waals surface area contributed by atoms with Crippen molar-refractivity contribution in [3.8, 4) is 11.5 Å². The van der Waals surface area contributed by atoms with Crippen molar-refractivity contribution in [2.45, 2.75) is 13.8 Å². The molecule has 154 valence electrons. The fraction of sp³-hybridized carbons (Fsp3) is 0.143. The zero-order chi connectivity index (χ0) is 21.8. The number of hydrogen-bond acceptors (Lipinski definition) is 7. The maximum Gasteiger partial charge on any atom is 0.308 e. The minimum Gasteiger partial charge on any atom is -0.423 e. The van der Waals surface area contributed by atoms with Gasteiger partial charge in [-0.1, -0.05) is 6.07 Å². The van der Waals surface area contributed by atoms with Crippen molar-refractivity contribution in [1.82, 2.24) is 4.90 Å².